The average molecular weight is 719 g/mol. The Morgan fingerprint density at radius 1 is 1.18 bits per heavy atom. The Hall–Kier alpha value is -4.00. The van der Waals surface area contributed by atoms with Crippen LogP contribution in [0.5, 0.6) is 5.75 Å². The fourth-order valence-electron chi connectivity index (χ4n) is 7.89. The van der Waals surface area contributed by atoms with E-state index in [1.54, 1.807) is 13.2 Å². The predicted octanol–water partition coefficient (Wildman–Crippen LogP) is 6.02. The molecule has 2 N–H and O–H groups in total. The van der Waals surface area contributed by atoms with Gasteiger partial charge in [0.25, 0.3) is 5.91 Å². The third-order valence-corrected chi connectivity index (χ3v) is 12.6. The zero-order valence-electron chi connectivity index (χ0n) is 28.2. The molecule has 2 aliphatic carbocycles. The third-order valence-electron chi connectivity index (χ3n) is 10.6. The van der Waals surface area contributed by atoms with Crippen molar-refractivity contribution < 1.29 is 23.3 Å². The maximum absolute atomic E-state index is 14.2. The summed E-state index contributed by atoms with van der Waals surface area (Å²) in [5.41, 5.74) is 3.90. The topological polar surface area (TPSA) is 135 Å². The number of fused-ring (bicyclic) bond motifs is 4. The molecule has 1 saturated carbocycles. The summed E-state index contributed by atoms with van der Waals surface area (Å²) in [6, 6.07) is 10.8. The van der Waals surface area contributed by atoms with Crippen molar-refractivity contribution in [2.75, 3.05) is 37.5 Å². The van der Waals surface area contributed by atoms with Crippen LogP contribution in [0.4, 0.5) is 10.5 Å². The van der Waals surface area contributed by atoms with Gasteiger partial charge in [-0.3, -0.25) is 19.5 Å². The molecule has 3 aromatic rings. The van der Waals surface area contributed by atoms with E-state index in [2.05, 4.69) is 47.5 Å². The van der Waals surface area contributed by atoms with Crippen molar-refractivity contribution in [2.24, 2.45) is 16.2 Å². The molecule has 4 aliphatic rings. The van der Waals surface area contributed by atoms with Crippen molar-refractivity contribution in [3.8, 4) is 5.75 Å². The normalized spacial score (nSPS) is 28.5. The molecule has 0 radical (unpaired) electrons. The van der Waals surface area contributed by atoms with E-state index >= 15 is 0 Å². The number of aryl methyl sites for hydroxylation is 1. The number of hydrogen-bond acceptors (Lipinski definition) is 8. The monoisotopic (exact) mass is 718 g/mol. The number of nitrogens with zero attached hydrogens (tertiary/aromatic N) is 4. The van der Waals surface area contributed by atoms with Gasteiger partial charge in [-0.15, -0.1) is 4.36 Å². The van der Waals surface area contributed by atoms with Crippen LogP contribution in [0.15, 0.2) is 71.5 Å². The van der Waals surface area contributed by atoms with E-state index in [4.69, 9.17) is 21.1 Å². The first kappa shape index (κ1) is 34.4. The molecule has 50 heavy (non-hydrogen) atoms. The van der Waals surface area contributed by atoms with Crippen LogP contribution in [0.1, 0.15) is 65.7 Å². The van der Waals surface area contributed by atoms with Crippen LogP contribution in [0, 0.1) is 11.8 Å². The minimum atomic E-state index is -3.49. The molecule has 2 aromatic carbocycles. The van der Waals surface area contributed by atoms with Gasteiger partial charge >= 0.3 is 6.03 Å². The lowest BCUT2D eigenvalue weighted by atomic mass is 9.68. The second-order valence-corrected chi connectivity index (χ2v) is 16.3. The smallest absolute Gasteiger partial charge is 0.327 e. The number of amides is 3. The number of hydrogen-bond donors (Lipinski definition) is 2. The fourth-order valence-corrected chi connectivity index (χ4v) is 9.61. The number of rotatable bonds is 4. The molecule has 264 valence electrons. The van der Waals surface area contributed by atoms with Crippen molar-refractivity contribution in [3.63, 3.8) is 0 Å². The molecular weight excluding hydrogens is 676 g/mol. The van der Waals surface area contributed by atoms with Gasteiger partial charge in [-0.1, -0.05) is 29.8 Å². The molecule has 3 amide bonds. The van der Waals surface area contributed by atoms with Gasteiger partial charge in [0.15, 0.2) is 0 Å². The number of aromatic nitrogens is 2. The second kappa shape index (κ2) is 14.7. The van der Waals surface area contributed by atoms with Crippen LogP contribution in [-0.2, 0) is 33.0 Å². The molecule has 3 heterocycles. The fraction of sp³-hybridized carbons (Fsp3) is 0.459. The first-order valence-corrected chi connectivity index (χ1v) is 19.4. The van der Waals surface area contributed by atoms with E-state index < -0.39 is 21.9 Å². The number of carbonyl (C=O) groups is 2. The van der Waals surface area contributed by atoms with E-state index in [-0.39, 0.29) is 29.4 Å². The van der Waals surface area contributed by atoms with Crippen LogP contribution < -0.4 is 19.7 Å². The van der Waals surface area contributed by atoms with Crippen molar-refractivity contribution in [3.05, 3.63) is 94.5 Å². The molecule has 1 fully saturated rings. The lowest BCUT2D eigenvalue weighted by Gasteiger charge is -2.46. The van der Waals surface area contributed by atoms with Crippen molar-refractivity contribution >= 4 is 39.1 Å². The number of anilines is 1. The Morgan fingerprint density at radius 3 is 2.88 bits per heavy atom. The van der Waals surface area contributed by atoms with Crippen LogP contribution in [0.2, 0.25) is 5.02 Å². The standard InChI is InChI=1S/C37H43ClN6O5S/c1-48-33-7-3-2-4-17-50(47,43-36(46)41-21-29-20-39-15-16-40-29)42-35(45)26-9-13-34-32(19-26)44(22-27-8-11-30(27)33)23-37(24-49-34)14-5-6-25-18-28(38)10-12-31(25)37/h3,7,9-10,12-13,15-16,18-20,27,30,33H,2,4-6,8,11,14,17,21-24H2,1H3,(H2,41,42,43,45,46,47)/b7-3+/t27-,30+,33-,37-,50-/m0/s1. The van der Waals surface area contributed by atoms with E-state index in [0.717, 1.165) is 49.4 Å². The summed E-state index contributed by atoms with van der Waals surface area (Å²) in [6.07, 6.45) is 14.9. The number of ether oxygens (including phenoxy) is 2. The molecule has 0 saturated heterocycles. The van der Waals surface area contributed by atoms with E-state index in [9.17, 15) is 13.8 Å². The lowest BCUT2D eigenvalue weighted by molar-refractivity contribution is 0.0132. The highest BCUT2D eigenvalue weighted by atomic mass is 35.5. The van der Waals surface area contributed by atoms with Gasteiger partial charge in [0.05, 0.1) is 42.6 Å². The van der Waals surface area contributed by atoms with E-state index in [1.807, 2.05) is 24.3 Å². The summed E-state index contributed by atoms with van der Waals surface area (Å²) in [5.74, 6) is 0.765. The number of nitrogens with one attached hydrogen (secondary N) is 2. The lowest BCUT2D eigenvalue weighted by Crippen LogP contribution is -2.49. The van der Waals surface area contributed by atoms with Crippen LogP contribution in [0.3, 0.4) is 0 Å². The third kappa shape index (κ3) is 7.38. The molecule has 2 bridgehead atoms. The molecule has 7 rings (SSSR count). The van der Waals surface area contributed by atoms with Gasteiger partial charge < -0.3 is 19.7 Å². The van der Waals surface area contributed by atoms with Crippen molar-refractivity contribution in [2.45, 2.75) is 63.0 Å². The molecular formula is C37H43ClN6O5S. The first-order chi connectivity index (χ1) is 24.2. The number of halogens is 1. The van der Waals surface area contributed by atoms with Gasteiger partial charge in [-0.05, 0) is 98.2 Å². The Balaban J connectivity index is 1.24. The van der Waals surface area contributed by atoms with Crippen LogP contribution in [0.25, 0.3) is 0 Å². The number of allylic oxidation sites excluding steroid dienone is 1. The predicted molar refractivity (Wildman–Crippen MR) is 193 cm³/mol. The molecule has 1 aromatic heterocycles. The minimum Gasteiger partial charge on any atom is -0.490 e. The summed E-state index contributed by atoms with van der Waals surface area (Å²) < 4.78 is 33.5. The highest BCUT2D eigenvalue weighted by Gasteiger charge is 2.44. The Morgan fingerprint density at radius 2 is 2.08 bits per heavy atom. The first-order valence-electron chi connectivity index (χ1n) is 17.3. The Kier molecular flexibility index (Phi) is 10.1. The quantitative estimate of drug-likeness (QED) is 0.313. The summed E-state index contributed by atoms with van der Waals surface area (Å²) in [4.78, 5) is 37.3. The maximum Gasteiger partial charge on any atom is 0.327 e. The van der Waals surface area contributed by atoms with Gasteiger partial charge in [0, 0.05) is 48.6 Å². The largest absolute Gasteiger partial charge is 0.490 e. The molecule has 13 heteroatoms. The summed E-state index contributed by atoms with van der Waals surface area (Å²) in [6.45, 7) is 2.07. The second-order valence-electron chi connectivity index (χ2n) is 13.8. The average Bonchev–Trinajstić information content (AvgIpc) is 3.25. The number of urea groups is 1. The number of benzene rings is 2. The zero-order valence-corrected chi connectivity index (χ0v) is 29.8. The summed E-state index contributed by atoms with van der Waals surface area (Å²) in [5, 5.41) is 3.39. The summed E-state index contributed by atoms with van der Waals surface area (Å²) >= 11 is 6.44. The number of carbonyl (C=O) groups excluding carboxylic acids is 2. The highest BCUT2D eigenvalue weighted by Crippen LogP contribution is 2.47. The van der Waals surface area contributed by atoms with Crippen LogP contribution >= 0.6 is 11.6 Å². The van der Waals surface area contributed by atoms with E-state index in [1.165, 1.54) is 29.7 Å². The molecule has 1 spiro atoms. The van der Waals surface area contributed by atoms with Gasteiger partial charge in [-0.25, -0.2) is 9.00 Å². The SMILES string of the molecule is CO[C@H]1/C=C/CCC[S@@](=O)(NC(=O)NCc2cnccn2)=NC(=O)c2ccc3c(c2)N(C[C@@H]2CC[C@H]21)C[C@@]1(CCCc2cc(Cl)ccc21)CO3. The van der Waals surface area contributed by atoms with Gasteiger partial charge in [-0.2, -0.15) is 0 Å². The Labute approximate surface area is 298 Å². The molecule has 2 aliphatic heterocycles. The molecule has 5 atom stereocenters. The van der Waals surface area contributed by atoms with Crippen molar-refractivity contribution in [1.29, 1.82) is 0 Å². The van der Waals surface area contributed by atoms with Gasteiger partial charge in [0.2, 0.25) is 0 Å². The summed E-state index contributed by atoms with van der Waals surface area (Å²) in [7, 11) is -1.74. The van der Waals surface area contributed by atoms with Gasteiger partial charge in [0.1, 0.15) is 15.7 Å². The van der Waals surface area contributed by atoms with Crippen molar-refractivity contribution in [1.82, 2.24) is 20.0 Å². The Bertz CT molecular complexity index is 1900. The molecule has 0 unspecified atom stereocenters. The highest BCUT2D eigenvalue weighted by molar-refractivity contribution is 7.92. The van der Waals surface area contributed by atoms with E-state index in [0.29, 0.717) is 49.3 Å². The molecule has 11 nitrogen and oxygen atoms in total. The van der Waals surface area contributed by atoms with Crippen LogP contribution in [-0.4, -0.2) is 64.8 Å². The maximum atomic E-state index is 14.2. The minimum absolute atomic E-state index is 0.00251. The number of methoxy groups -OCH3 is 1. The zero-order chi connectivity index (χ0) is 34.7.